The minimum Gasteiger partial charge on any atom is -0.450 e. The van der Waals surface area contributed by atoms with Gasteiger partial charge in [0, 0.05) is 5.39 Å². The normalized spacial score (nSPS) is 10.5. The standard InChI is InChI=1S/C14H15N7O3/c1-2-24-14(23)16-11-7-15-21(20-11)8-12(22)17-13-9-5-3-4-6-10(9)18-19-13/h3-7H,2,8H2,1H3,(H,16,20,23)(H2,17,18,19,22). The van der Waals surface area contributed by atoms with Gasteiger partial charge in [0.2, 0.25) is 5.91 Å². The van der Waals surface area contributed by atoms with Crippen LogP contribution in [0.1, 0.15) is 6.92 Å². The minimum absolute atomic E-state index is 0.119. The van der Waals surface area contributed by atoms with Crippen molar-refractivity contribution in [1.29, 1.82) is 0 Å². The molecule has 3 N–H and O–H groups in total. The highest BCUT2D eigenvalue weighted by Gasteiger charge is 2.12. The second-order valence-electron chi connectivity index (χ2n) is 4.77. The first-order valence-corrected chi connectivity index (χ1v) is 7.22. The Kier molecular flexibility index (Phi) is 4.36. The van der Waals surface area contributed by atoms with Crippen LogP contribution in [0.4, 0.5) is 16.4 Å². The minimum atomic E-state index is -0.628. The third kappa shape index (κ3) is 3.48. The fraction of sp³-hybridized carbons (Fsp3) is 0.214. The monoisotopic (exact) mass is 329 g/mol. The quantitative estimate of drug-likeness (QED) is 0.648. The highest BCUT2D eigenvalue weighted by Crippen LogP contribution is 2.19. The molecule has 0 atom stereocenters. The van der Waals surface area contributed by atoms with E-state index in [1.165, 1.54) is 6.20 Å². The van der Waals surface area contributed by atoms with E-state index in [0.717, 1.165) is 15.7 Å². The zero-order valence-electron chi connectivity index (χ0n) is 12.8. The van der Waals surface area contributed by atoms with Crippen LogP contribution in [0.15, 0.2) is 30.5 Å². The van der Waals surface area contributed by atoms with Crippen molar-refractivity contribution < 1.29 is 14.3 Å². The van der Waals surface area contributed by atoms with E-state index in [0.29, 0.717) is 5.82 Å². The molecule has 2 heterocycles. The lowest BCUT2D eigenvalue weighted by Gasteiger charge is -2.02. The van der Waals surface area contributed by atoms with Gasteiger partial charge in [0.1, 0.15) is 6.54 Å². The lowest BCUT2D eigenvalue weighted by Crippen LogP contribution is -2.21. The topological polar surface area (TPSA) is 127 Å². The Bertz CT molecular complexity index is 870. The second-order valence-corrected chi connectivity index (χ2v) is 4.77. The molecule has 3 rings (SSSR count). The molecule has 0 saturated heterocycles. The molecule has 0 aliphatic heterocycles. The summed E-state index contributed by atoms with van der Waals surface area (Å²) < 4.78 is 4.73. The first kappa shape index (κ1) is 15.5. The zero-order chi connectivity index (χ0) is 16.9. The van der Waals surface area contributed by atoms with Gasteiger partial charge in [-0.05, 0) is 19.1 Å². The van der Waals surface area contributed by atoms with Crippen molar-refractivity contribution >= 4 is 34.5 Å². The Hall–Kier alpha value is -3.43. The lowest BCUT2D eigenvalue weighted by atomic mass is 10.2. The van der Waals surface area contributed by atoms with Crippen molar-refractivity contribution in [2.75, 3.05) is 17.2 Å². The molecule has 0 spiro atoms. The van der Waals surface area contributed by atoms with E-state index in [9.17, 15) is 9.59 Å². The average Bonchev–Trinajstić information content (AvgIpc) is 3.15. The number of carbonyl (C=O) groups excluding carboxylic acids is 2. The van der Waals surface area contributed by atoms with Crippen molar-refractivity contribution in [2.45, 2.75) is 13.5 Å². The lowest BCUT2D eigenvalue weighted by molar-refractivity contribution is -0.117. The van der Waals surface area contributed by atoms with Crippen molar-refractivity contribution in [2.24, 2.45) is 0 Å². The molecule has 24 heavy (non-hydrogen) atoms. The number of rotatable bonds is 5. The molecule has 0 bridgehead atoms. The Morgan fingerprint density at radius 2 is 2.12 bits per heavy atom. The fourth-order valence-electron chi connectivity index (χ4n) is 2.06. The molecule has 0 radical (unpaired) electrons. The van der Waals surface area contributed by atoms with Crippen molar-refractivity contribution in [3.8, 4) is 0 Å². The van der Waals surface area contributed by atoms with E-state index in [-0.39, 0.29) is 24.9 Å². The number of nitrogens with zero attached hydrogens (tertiary/aromatic N) is 4. The summed E-state index contributed by atoms with van der Waals surface area (Å²) in [5.74, 6) is 0.296. The van der Waals surface area contributed by atoms with Gasteiger partial charge in [-0.2, -0.15) is 15.0 Å². The number of aromatic amines is 1. The van der Waals surface area contributed by atoms with Gasteiger partial charge in [-0.1, -0.05) is 12.1 Å². The molecule has 0 unspecified atom stereocenters. The number of hydrogen-bond acceptors (Lipinski definition) is 6. The van der Waals surface area contributed by atoms with Crippen LogP contribution in [0.2, 0.25) is 0 Å². The van der Waals surface area contributed by atoms with Crippen LogP contribution in [0.5, 0.6) is 0 Å². The number of hydrogen-bond donors (Lipinski definition) is 3. The van der Waals surface area contributed by atoms with Crippen molar-refractivity contribution in [1.82, 2.24) is 25.2 Å². The number of benzene rings is 1. The summed E-state index contributed by atoms with van der Waals surface area (Å²) in [4.78, 5) is 24.5. The molecule has 0 fully saturated rings. The van der Waals surface area contributed by atoms with E-state index in [1.54, 1.807) is 6.92 Å². The van der Waals surface area contributed by atoms with E-state index in [2.05, 4.69) is 31.0 Å². The van der Waals surface area contributed by atoms with E-state index in [4.69, 9.17) is 4.74 Å². The van der Waals surface area contributed by atoms with E-state index >= 15 is 0 Å². The predicted molar refractivity (Wildman–Crippen MR) is 85.4 cm³/mol. The molecular weight excluding hydrogens is 314 g/mol. The van der Waals surface area contributed by atoms with Crippen LogP contribution >= 0.6 is 0 Å². The van der Waals surface area contributed by atoms with Gasteiger partial charge in [0.15, 0.2) is 11.6 Å². The SMILES string of the molecule is CCOC(=O)Nc1cnn(CC(=O)Nc2n[nH]c3ccccc23)n1. The molecule has 0 saturated carbocycles. The first-order chi connectivity index (χ1) is 11.7. The number of anilines is 2. The predicted octanol–water partition coefficient (Wildman–Crippen LogP) is 1.36. The van der Waals surface area contributed by atoms with Gasteiger partial charge >= 0.3 is 6.09 Å². The molecule has 0 aliphatic carbocycles. The smallest absolute Gasteiger partial charge is 0.412 e. The van der Waals surface area contributed by atoms with Gasteiger partial charge in [0.25, 0.3) is 0 Å². The van der Waals surface area contributed by atoms with Crippen molar-refractivity contribution in [3.05, 3.63) is 30.5 Å². The number of para-hydroxylation sites is 1. The summed E-state index contributed by atoms with van der Waals surface area (Å²) in [5, 5.41) is 20.7. The number of fused-ring (bicyclic) bond motifs is 1. The van der Waals surface area contributed by atoms with Crippen LogP contribution in [0.3, 0.4) is 0 Å². The average molecular weight is 329 g/mol. The molecule has 1 aromatic carbocycles. The van der Waals surface area contributed by atoms with Crippen molar-refractivity contribution in [3.63, 3.8) is 0 Å². The third-order valence-electron chi connectivity index (χ3n) is 3.06. The van der Waals surface area contributed by atoms with Gasteiger partial charge in [-0.15, -0.1) is 5.10 Å². The van der Waals surface area contributed by atoms with E-state index < -0.39 is 6.09 Å². The zero-order valence-corrected chi connectivity index (χ0v) is 12.8. The molecule has 10 heteroatoms. The Labute approximate surface area is 136 Å². The maximum atomic E-state index is 12.1. The largest absolute Gasteiger partial charge is 0.450 e. The number of H-pyrrole nitrogens is 1. The molecule has 2 aromatic heterocycles. The summed E-state index contributed by atoms with van der Waals surface area (Å²) in [6, 6.07) is 7.44. The van der Waals surface area contributed by atoms with Gasteiger partial charge in [-0.25, -0.2) is 4.79 Å². The van der Waals surface area contributed by atoms with Crippen LogP contribution < -0.4 is 10.6 Å². The summed E-state index contributed by atoms with van der Waals surface area (Å²) in [6.07, 6.45) is 0.700. The Morgan fingerprint density at radius 1 is 1.29 bits per heavy atom. The fourth-order valence-corrected chi connectivity index (χ4v) is 2.06. The van der Waals surface area contributed by atoms with Gasteiger partial charge in [0.05, 0.1) is 18.3 Å². The number of aromatic nitrogens is 5. The molecule has 0 aliphatic rings. The molecule has 10 nitrogen and oxygen atoms in total. The summed E-state index contributed by atoms with van der Waals surface area (Å²) in [7, 11) is 0. The molecular formula is C14H15N7O3. The first-order valence-electron chi connectivity index (χ1n) is 7.22. The maximum Gasteiger partial charge on any atom is 0.412 e. The summed E-state index contributed by atoms with van der Waals surface area (Å²) in [5.41, 5.74) is 0.825. The van der Waals surface area contributed by atoms with Gasteiger partial charge in [-0.3, -0.25) is 15.2 Å². The van der Waals surface area contributed by atoms with Crippen LogP contribution in [0, 0.1) is 0 Å². The highest BCUT2D eigenvalue weighted by atomic mass is 16.5. The Morgan fingerprint density at radius 3 is 2.96 bits per heavy atom. The second kappa shape index (κ2) is 6.77. The van der Waals surface area contributed by atoms with Gasteiger partial charge < -0.3 is 10.1 Å². The Balaban J connectivity index is 1.61. The number of carbonyl (C=O) groups is 2. The third-order valence-corrected chi connectivity index (χ3v) is 3.06. The highest BCUT2D eigenvalue weighted by molar-refractivity contribution is 5.99. The number of ether oxygens (including phenoxy) is 1. The summed E-state index contributed by atoms with van der Waals surface area (Å²) >= 11 is 0. The van der Waals surface area contributed by atoms with Crippen LogP contribution in [-0.2, 0) is 16.1 Å². The summed E-state index contributed by atoms with van der Waals surface area (Å²) in [6.45, 7) is 1.82. The molecule has 124 valence electrons. The number of amides is 2. The maximum absolute atomic E-state index is 12.1. The van der Waals surface area contributed by atoms with Crippen LogP contribution in [0.25, 0.3) is 10.9 Å². The number of nitrogens with one attached hydrogen (secondary N) is 3. The molecule has 2 amide bonds. The van der Waals surface area contributed by atoms with Crippen LogP contribution in [-0.4, -0.2) is 43.8 Å². The van der Waals surface area contributed by atoms with E-state index in [1.807, 2.05) is 24.3 Å². The molecule has 3 aromatic rings.